The fourth-order valence-electron chi connectivity index (χ4n) is 0.655. The second kappa shape index (κ2) is 4.93. The molecule has 0 aliphatic heterocycles. The molecule has 0 fully saturated rings. The fourth-order valence-corrected chi connectivity index (χ4v) is 0.655. The predicted octanol–water partition coefficient (Wildman–Crippen LogP) is 3.10. The Morgan fingerprint density at radius 1 is 1.19 bits per heavy atom. The molecule has 0 spiro atoms. The van der Waals surface area contributed by atoms with Crippen LogP contribution in [0.3, 0.4) is 0 Å². The Hall–Kier alpha value is -0.940. The van der Waals surface area contributed by atoms with E-state index in [1.807, 2.05) is 20.8 Å². The van der Waals surface area contributed by atoms with Crippen molar-refractivity contribution in [3.63, 3.8) is 0 Å². The maximum Gasteiger partial charge on any atom is 0.425 e. The molecule has 0 saturated carbocycles. The van der Waals surface area contributed by atoms with Gasteiger partial charge in [-0.3, -0.25) is 0 Å². The van der Waals surface area contributed by atoms with Crippen molar-refractivity contribution in [3.8, 4) is 0 Å². The van der Waals surface area contributed by atoms with Gasteiger partial charge in [0.05, 0.1) is 0 Å². The lowest BCUT2D eigenvalue weighted by Crippen LogP contribution is -2.44. The molecule has 0 aromatic heterocycles. The molecule has 0 aromatic carbocycles. The van der Waals surface area contributed by atoms with E-state index >= 15 is 0 Å². The topological polar surface area (TPSA) is 38.3 Å². The van der Waals surface area contributed by atoms with Crippen LogP contribution in [-0.2, 0) is 4.74 Å². The molecule has 1 N–H and O–H groups in total. The zero-order valence-electron chi connectivity index (χ0n) is 10.1. The zero-order valence-corrected chi connectivity index (χ0v) is 10.1. The molecule has 0 heterocycles. The minimum absolute atomic E-state index is 0.236. The molecular weight excluding hydrogens is 223 g/mol. The summed E-state index contributed by atoms with van der Waals surface area (Å²) in [6.45, 7) is 8.10. The first-order valence-electron chi connectivity index (χ1n) is 4.98. The maximum atomic E-state index is 12.1. The number of rotatable bonds is 2. The van der Waals surface area contributed by atoms with E-state index < -0.39 is 18.4 Å². The normalized spacial score (nSPS) is 16.5. The number of nitrogens with one attached hydrogen (secondary N) is 1. The van der Waals surface area contributed by atoms with Crippen molar-refractivity contribution >= 4 is 6.09 Å². The van der Waals surface area contributed by atoms with Crippen LogP contribution in [0.25, 0.3) is 0 Å². The smallest absolute Gasteiger partial charge is 0.425 e. The van der Waals surface area contributed by atoms with Crippen LogP contribution in [0.15, 0.2) is 0 Å². The molecule has 0 bridgehead atoms. The Labute approximate surface area is 93.3 Å². The van der Waals surface area contributed by atoms with E-state index in [0.29, 0.717) is 0 Å². The lowest BCUT2D eigenvalue weighted by Gasteiger charge is -2.28. The van der Waals surface area contributed by atoms with Gasteiger partial charge in [0.1, 0.15) is 0 Å². The lowest BCUT2D eigenvalue weighted by atomic mass is 9.88. The molecule has 96 valence electrons. The summed E-state index contributed by atoms with van der Waals surface area (Å²) in [4.78, 5) is 11.1. The Morgan fingerprint density at radius 3 is 1.94 bits per heavy atom. The molecule has 0 aliphatic rings. The first-order chi connectivity index (χ1) is 6.94. The summed E-state index contributed by atoms with van der Waals surface area (Å²) in [5.74, 6) is 0. The van der Waals surface area contributed by atoms with Crippen LogP contribution in [0.1, 0.15) is 34.6 Å². The van der Waals surface area contributed by atoms with Crippen molar-refractivity contribution in [1.82, 2.24) is 5.32 Å². The number of alkyl halides is 3. The first kappa shape index (κ1) is 15.1. The molecular formula is C10H18F3NO2. The number of halogens is 3. The van der Waals surface area contributed by atoms with Crippen molar-refractivity contribution in [1.29, 1.82) is 0 Å². The van der Waals surface area contributed by atoms with Crippen molar-refractivity contribution in [2.75, 3.05) is 0 Å². The van der Waals surface area contributed by atoms with E-state index in [2.05, 4.69) is 10.1 Å². The van der Waals surface area contributed by atoms with Crippen molar-refractivity contribution in [3.05, 3.63) is 0 Å². The van der Waals surface area contributed by atoms with Gasteiger partial charge in [-0.25, -0.2) is 4.79 Å². The second-order valence-corrected chi connectivity index (χ2v) is 4.82. The molecule has 0 rings (SSSR count). The number of hydrogen-bond acceptors (Lipinski definition) is 2. The fraction of sp³-hybridized carbons (Fsp3) is 0.900. The SMILES string of the molecule is CC(NC(=O)OC(C)C(F)(F)F)C(C)(C)C. The minimum atomic E-state index is -4.53. The summed E-state index contributed by atoms with van der Waals surface area (Å²) in [7, 11) is 0. The first-order valence-corrected chi connectivity index (χ1v) is 4.98. The molecule has 2 atom stereocenters. The number of carbonyl (C=O) groups excluding carboxylic acids is 1. The maximum absolute atomic E-state index is 12.1. The van der Waals surface area contributed by atoms with Gasteiger partial charge >= 0.3 is 12.3 Å². The highest BCUT2D eigenvalue weighted by Crippen LogP contribution is 2.23. The van der Waals surface area contributed by atoms with E-state index in [1.165, 1.54) is 0 Å². The molecule has 0 radical (unpaired) electrons. The van der Waals surface area contributed by atoms with Gasteiger partial charge in [-0.2, -0.15) is 13.2 Å². The summed E-state index contributed by atoms with van der Waals surface area (Å²) in [5.41, 5.74) is -0.236. The Bertz CT molecular complexity index is 221. The van der Waals surface area contributed by atoms with Crippen LogP contribution in [0.4, 0.5) is 18.0 Å². The largest absolute Gasteiger partial charge is 0.437 e. The van der Waals surface area contributed by atoms with Crippen molar-refractivity contribution in [2.24, 2.45) is 5.41 Å². The number of hydrogen-bond donors (Lipinski definition) is 1. The van der Waals surface area contributed by atoms with Gasteiger partial charge in [0, 0.05) is 6.04 Å². The third kappa shape index (κ3) is 5.23. The standard InChI is InChI=1S/C10H18F3NO2/c1-6(9(3,4)5)14-8(15)16-7(2)10(11,12)13/h6-7H,1-5H3,(H,14,15). The molecule has 1 amide bonds. The van der Waals surface area contributed by atoms with Gasteiger partial charge in [-0.15, -0.1) is 0 Å². The van der Waals surface area contributed by atoms with E-state index in [0.717, 1.165) is 6.92 Å². The highest BCUT2D eigenvalue weighted by molar-refractivity contribution is 5.67. The molecule has 2 unspecified atom stereocenters. The summed E-state index contributed by atoms with van der Waals surface area (Å²) >= 11 is 0. The summed E-state index contributed by atoms with van der Waals surface area (Å²) in [6.07, 6.45) is -7.67. The number of alkyl carbamates (subject to hydrolysis) is 1. The van der Waals surface area contributed by atoms with Crippen LogP contribution in [0, 0.1) is 5.41 Å². The zero-order chi connectivity index (χ0) is 13.1. The average molecular weight is 241 g/mol. The molecule has 3 nitrogen and oxygen atoms in total. The molecule has 6 heteroatoms. The highest BCUT2D eigenvalue weighted by atomic mass is 19.4. The average Bonchev–Trinajstić information content (AvgIpc) is 1.99. The van der Waals surface area contributed by atoms with Gasteiger partial charge in [-0.05, 0) is 19.3 Å². The predicted molar refractivity (Wildman–Crippen MR) is 54.1 cm³/mol. The monoisotopic (exact) mass is 241 g/mol. The highest BCUT2D eigenvalue weighted by Gasteiger charge is 2.39. The second-order valence-electron chi connectivity index (χ2n) is 4.82. The minimum Gasteiger partial charge on any atom is -0.437 e. The van der Waals surface area contributed by atoms with Gasteiger partial charge in [0.15, 0.2) is 6.10 Å². The van der Waals surface area contributed by atoms with E-state index in [4.69, 9.17) is 0 Å². The molecule has 0 aromatic rings. The quantitative estimate of drug-likeness (QED) is 0.806. The van der Waals surface area contributed by atoms with Crippen LogP contribution in [0.5, 0.6) is 0 Å². The van der Waals surface area contributed by atoms with Crippen molar-refractivity contribution in [2.45, 2.75) is 52.9 Å². The summed E-state index contributed by atoms with van der Waals surface area (Å²) in [5, 5.41) is 2.36. The van der Waals surface area contributed by atoms with E-state index in [-0.39, 0.29) is 11.5 Å². The summed E-state index contributed by atoms with van der Waals surface area (Å²) in [6, 6.07) is -0.277. The third-order valence-corrected chi connectivity index (χ3v) is 2.38. The molecule has 0 aliphatic carbocycles. The van der Waals surface area contributed by atoms with E-state index in [1.54, 1.807) is 6.92 Å². The summed E-state index contributed by atoms with van der Waals surface area (Å²) < 4.78 is 40.4. The van der Waals surface area contributed by atoms with Crippen LogP contribution >= 0.6 is 0 Å². The van der Waals surface area contributed by atoms with Gasteiger partial charge < -0.3 is 10.1 Å². The van der Waals surface area contributed by atoms with Gasteiger partial charge in [0.25, 0.3) is 0 Å². The van der Waals surface area contributed by atoms with Crippen molar-refractivity contribution < 1.29 is 22.7 Å². The third-order valence-electron chi connectivity index (χ3n) is 2.38. The molecule has 0 saturated heterocycles. The molecule has 16 heavy (non-hydrogen) atoms. The van der Waals surface area contributed by atoms with E-state index in [9.17, 15) is 18.0 Å². The van der Waals surface area contributed by atoms with Gasteiger partial charge in [0.2, 0.25) is 0 Å². The van der Waals surface area contributed by atoms with Crippen LogP contribution in [0.2, 0.25) is 0 Å². The number of amides is 1. The lowest BCUT2D eigenvalue weighted by molar-refractivity contribution is -0.197. The number of carbonyl (C=O) groups is 1. The van der Waals surface area contributed by atoms with Crippen LogP contribution in [-0.4, -0.2) is 24.4 Å². The van der Waals surface area contributed by atoms with Crippen LogP contribution < -0.4 is 5.32 Å². The Balaban J connectivity index is 4.21. The van der Waals surface area contributed by atoms with Gasteiger partial charge in [-0.1, -0.05) is 20.8 Å². The Morgan fingerprint density at radius 2 is 1.62 bits per heavy atom. The Kier molecular flexibility index (Phi) is 4.64. The number of ether oxygens (including phenoxy) is 1.